The van der Waals surface area contributed by atoms with E-state index < -0.39 is 5.97 Å². The van der Waals surface area contributed by atoms with Crippen LogP contribution in [0.2, 0.25) is 0 Å². The first kappa shape index (κ1) is 35.0. The molecule has 0 saturated carbocycles. The predicted octanol–water partition coefficient (Wildman–Crippen LogP) is 9.67. The summed E-state index contributed by atoms with van der Waals surface area (Å²) in [5.41, 5.74) is 4.97. The highest BCUT2D eigenvalue weighted by molar-refractivity contribution is 7.94. The Bertz CT molecular complexity index is 1090. The zero-order chi connectivity index (χ0) is 29.6. The summed E-state index contributed by atoms with van der Waals surface area (Å²) in [6, 6.07) is 24.6. The van der Waals surface area contributed by atoms with Gasteiger partial charge < -0.3 is 14.6 Å². The van der Waals surface area contributed by atoms with Gasteiger partial charge in [0.05, 0.1) is 18.3 Å². The first-order valence-electron chi connectivity index (χ1n) is 14.3. The number of halogens is 1. The van der Waals surface area contributed by atoms with E-state index in [9.17, 15) is 8.68 Å². The highest BCUT2D eigenvalue weighted by atomic mass is 32.2. The zero-order valence-corrected chi connectivity index (χ0v) is 25.6. The largest absolute Gasteiger partial charge is 0.492 e. The van der Waals surface area contributed by atoms with Gasteiger partial charge in [0.25, 0.3) is 0 Å². The second-order valence-corrected chi connectivity index (χ2v) is 10.1. The van der Waals surface area contributed by atoms with Crippen LogP contribution in [-0.2, 0) is 24.2 Å². The maximum atomic E-state index is 11.7. The molecule has 0 aliphatic rings. The fourth-order valence-electron chi connectivity index (χ4n) is 4.05. The highest BCUT2D eigenvalue weighted by Gasteiger charge is 2.12. The number of carboxylic acid groups (broad SMARTS) is 1. The zero-order valence-electron chi connectivity index (χ0n) is 24.8. The number of hydrogen-bond acceptors (Lipinski definition) is 4. The minimum Gasteiger partial charge on any atom is -0.492 e. The fourth-order valence-corrected chi connectivity index (χ4v) is 4.20. The van der Waals surface area contributed by atoms with Gasteiger partial charge in [-0.05, 0) is 61.4 Å². The van der Waals surface area contributed by atoms with Crippen LogP contribution in [0.4, 0.5) is 3.89 Å². The number of aliphatic carboxylic acids is 1. The molecule has 3 rings (SSSR count). The van der Waals surface area contributed by atoms with Crippen LogP contribution in [-0.4, -0.2) is 23.4 Å². The Hall–Kier alpha value is -2.99. The van der Waals surface area contributed by atoms with Gasteiger partial charge >= 0.3 is 5.97 Å². The third kappa shape index (κ3) is 14.4. The molecule has 0 fully saturated rings. The highest BCUT2D eigenvalue weighted by Crippen LogP contribution is 2.21. The molecule has 0 bridgehead atoms. The van der Waals surface area contributed by atoms with Crippen molar-refractivity contribution in [1.82, 2.24) is 0 Å². The molecule has 4 nitrogen and oxygen atoms in total. The Balaban J connectivity index is 0.000000321. The number of aryl methyl sites for hydroxylation is 3. The lowest BCUT2D eigenvalue weighted by molar-refractivity contribution is -0.142. The van der Waals surface area contributed by atoms with Gasteiger partial charge in [-0.2, -0.15) is 3.89 Å². The van der Waals surface area contributed by atoms with Crippen LogP contribution >= 0.6 is 12.1 Å². The van der Waals surface area contributed by atoms with E-state index in [1.165, 1.54) is 22.3 Å². The Kier molecular flexibility index (Phi) is 19.1. The van der Waals surface area contributed by atoms with Crippen molar-refractivity contribution in [2.45, 2.75) is 79.8 Å². The Morgan fingerprint density at radius 3 is 2.05 bits per heavy atom. The average molecular weight is 571 g/mol. The van der Waals surface area contributed by atoms with Crippen LogP contribution in [0.3, 0.4) is 0 Å². The molecule has 1 N–H and O–H groups in total. The van der Waals surface area contributed by atoms with Crippen molar-refractivity contribution < 1.29 is 23.3 Å². The number of rotatable bonds is 14. The molecule has 6 heteroatoms. The molecule has 0 amide bonds. The number of ether oxygens (including phenoxy) is 2. The quantitative estimate of drug-likeness (QED) is 0.196. The van der Waals surface area contributed by atoms with E-state index in [4.69, 9.17) is 14.6 Å². The van der Waals surface area contributed by atoms with Crippen molar-refractivity contribution in [3.8, 4) is 11.5 Å². The third-order valence-corrected chi connectivity index (χ3v) is 6.54. The normalized spacial score (nSPS) is 10.8. The first-order chi connectivity index (χ1) is 19.4. The summed E-state index contributed by atoms with van der Waals surface area (Å²) in [6.45, 7) is 11.4. The first-order valence-corrected chi connectivity index (χ1v) is 15.2. The second kappa shape index (κ2) is 21.8. The van der Waals surface area contributed by atoms with Gasteiger partial charge in [-0.15, -0.1) is 0 Å². The monoisotopic (exact) mass is 570 g/mol. The standard InChI is InChI=1S/C17H20O.C10H13FOS.C7H14O2/c1-3-7-16-10-4-5-11-17(16)18-13-15-9-6-8-14(2)12-15;1-2-9-5-3-4-6-10(9)12-7-8-13-11;1-3-5-6(4-2)7(8)9/h4-6,8-12H,3,7,13H2,1-2H3;3-6H,2,7-8H2,1H3;6H,3-5H2,1-2H3,(H,8,9)/t;;6-/m..0/s1. The average Bonchev–Trinajstić information content (AvgIpc) is 2.96. The van der Waals surface area contributed by atoms with Gasteiger partial charge in [-0.3, -0.25) is 4.79 Å². The summed E-state index contributed by atoms with van der Waals surface area (Å²) in [5.74, 6) is 1.51. The SMILES string of the molecule is CCC[C@H](CC)C(=O)O.CCCc1ccccc1OCc1cccc(C)c1.CCc1ccccc1OCCSF. The molecule has 0 heterocycles. The molecule has 0 unspecified atom stereocenters. The molecule has 0 spiro atoms. The van der Waals surface area contributed by atoms with Crippen LogP contribution in [0, 0.1) is 12.8 Å². The van der Waals surface area contributed by atoms with Gasteiger partial charge in [-0.25, -0.2) is 0 Å². The molecule has 0 radical (unpaired) electrons. The lowest BCUT2D eigenvalue weighted by Gasteiger charge is -2.11. The maximum absolute atomic E-state index is 11.7. The Labute approximate surface area is 245 Å². The van der Waals surface area contributed by atoms with Gasteiger partial charge in [0.2, 0.25) is 0 Å². The van der Waals surface area contributed by atoms with E-state index in [1.807, 2.05) is 44.2 Å². The lowest BCUT2D eigenvalue weighted by Crippen LogP contribution is -2.11. The number of carbonyl (C=O) groups is 1. The molecule has 0 aliphatic carbocycles. The Morgan fingerprint density at radius 1 is 0.875 bits per heavy atom. The van der Waals surface area contributed by atoms with Crippen LogP contribution in [0.15, 0.2) is 72.8 Å². The Morgan fingerprint density at radius 2 is 1.52 bits per heavy atom. The van der Waals surface area contributed by atoms with Crippen molar-refractivity contribution in [3.63, 3.8) is 0 Å². The van der Waals surface area contributed by atoms with E-state index in [2.05, 4.69) is 63.2 Å². The van der Waals surface area contributed by atoms with Crippen LogP contribution in [0.5, 0.6) is 11.5 Å². The smallest absolute Gasteiger partial charge is 0.306 e. The van der Waals surface area contributed by atoms with E-state index in [0.717, 1.165) is 50.0 Å². The minimum absolute atomic E-state index is 0.116. The van der Waals surface area contributed by atoms with Crippen molar-refractivity contribution in [2.24, 2.45) is 5.92 Å². The van der Waals surface area contributed by atoms with E-state index >= 15 is 0 Å². The number of benzene rings is 3. The summed E-state index contributed by atoms with van der Waals surface area (Å²) in [7, 11) is 0. The third-order valence-electron chi connectivity index (χ3n) is 6.22. The van der Waals surface area contributed by atoms with E-state index in [-0.39, 0.29) is 5.92 Å². The predicted molar refractivity (Wildman–Crippen MR) is 167 cm³/mol. The molecule has 3 aromatic carbocycles. The molecular formula is C34H47FO4S. The molecule has 1 atom stereocenters. The van der Waals surface area contributed by atoms with Gasteiger partial charge in [0, 0.05) is 12.1 Å². The lowest BCUT2D eigenvalue weighted by atomic mass is 10.0. The van der Waals surface area contributed by atoms with Crippen molar-refractivity contribution in [1.29, 1.82) is 0 Å². The van der Waals surface area contributed by atoms with Crippen molar-refractivity contribution in [3.05, 3.63) is 95.1 Å². The van der Waals surface area contributed by atoms with Crippen molar-refractivity contribution >= 4 is 18.1 Å². The molecule has 40 heavy (non-hydrogen) atoms. The van der Waals surface area contributed by atoms with E-state index in [1.54, 1.807) is 0 Å². The summed E-state index contributed by atoms with van der Waals surface area (Å²) >= 11 is 0.309. The van der Waals surface area contributed by atoms with Crippen LogP contribution < -0.4 is 9.47 Å². The summed E-state index contributed by atoms with van der Waals surface area (Å²) in [6.07, 6.45) is 5.69. The van der Waals surface area contributed by atoms with Crippen LogP contribution in [0.1, 0.15) is 75.6 Å². The second-order valence-electron chi connectivity index (χ2n) is 9.49. The van der Waals surface area contributed by atoms with Crippen molar-refractivity contribution in [2.75, 3.05) is 12.4 Å². The molecule has 0 aliphatic heterocycles. The van der Waals surface area contributed by atoms with Gasteiger partial charge in [0.1, 0.15) is 18.1 Å². The summed E-state index contributed by atoms with van der Waals surface area (Å²) in [4.78, 5) is 10.3. The molecule has 0 aromatic heterocycles. The molecule has 220 valence electrons. The number of carboxylic acids is 1. The number of hydrogen-bond donors (Lipinski definition) is 1. The van der Waals surface area contributed by atoms with Crippen LogP contribution in [0.25, 0.3) is 0 Å². The number of para-hydroxylation sites is 2. The minimum atomic E-state index is -0.653. The van der Waals surface area contributed by atoms with Gasteiger partial charge in [0.15, 0.2) is 0 Å². The van der Waals surface area contributed by atoms with Gasteiger partial charge in [-0.1, -0.05) is 107 Å². The summed E-state index contributed by atoms with van der Waals surface area (Å²) in [5, 5.41) is 8.50. The maximum Gasteiger partial charge on any atom is 0.306 e. The van der Waals surface area contributed by atoms with E-state index in [0.29, 0.717) is 31.1 Å². The topological polar surface area (TPSA) is 55.8 Å². The molecule has 0 saturated heterocycles. The summed E-state index contributed by atoms with van der Waals surface area (Å²) < 4.78 is 23.1. The fraction of sp³-hybridized carbons (Fsp3) is 0.441. The molecular weight excluding hydrogens is 523 g/mol. The molecule has 3 aromatic rings.